The topological polar surface area (TPSA) is 122 Å². The van der Waals surface area contributed by atoms with Gasteiger partial charge in [0, 0.05) is 55.0 Å². The van der Waals surface area contributed by atoms with E-state index in [9.17, 15) is 4.79 Å². The first kappa shape index (κ1) is 22.5. The maximum Gasteiger partial charge on any atom is 0.244 e. The second-order valence-electron chi connectivity index (χ2n) is 8.18. The van der Waals surface area contributed by atoms with Crippen LogP contribution in [-0.4, -0.2) is 64.0 Å². The second kappa shape index (κ2) is 9.83. The smallest absolute Gasteiger partial charge is 0.244 e. The molecule has 1 atom stereocenters. The number of benzene rings is 1. The van der Waals surface area contributed by atoms with Gasteiger partial charge in [0.1, 0.15) is 6.04 Å². The van der Waals surface area contributed by atoms with Crippen molar-refractivity contribution >= 4 is 29.0 Å². The molecule has 3 aromatic rings. The van der Waals surface area contributed by atoms with Crippen LogP contribution >= 0.6 is 0 Å². The molecule has 3 heterocycles. The molecule has 9 nitrogen and oxygen atoms in total. The van der Waals surface area contributed by atoms with Crippen LogP contribution in [-0.2, 0) is 9.53 Å². The van der Waals surface area contributed by atoms with Crippen LogP contribution < -0.4 is 11.1 Å². The van der Waals surface area contributed by atoms with E-state index >= 15 is 0 Å². The van der Waals surface area contributed by atoms with Crippen molar-refractivity contribution in [1.29, 1.82) is 5.41 Å². The number of fused-ring (bicyclic) bond motifs is 1. The Morgan fingerprint density at radius 1 is 1.30 bits per heavy atom. The van der Waals surface area contributed by atoms with E-state index in [1.165, 1.54) is 6.21 Å². The van der Waals surface area contributed by atoms with E-state index in [-0.39, 0.29) is 12.0 Å². The van der Waals surface area contributed by atoms with Gasteiger partial charge in [-0.15, -0.1) is 0 Å². The molecule has 1 fully saturated rings. The number of hydrogen-bond acceptors (Lipinski definition) is 7. The predicted octanol–water partition coefficient (Wildman–Crippen LogP) is 2.58. The van der Waals surface area contributed by atoms with E-state index in [1.54, 1.807) is 30.2 Å². The van der Waals surface area contributed by atoms with E-state index in [0.717, 1.165) is 29.7 Å². The van der Waals surface area contributed by atoms with Crippen molar-refractivity contribution in [2.45, 2.75) is 31.9 Å². The van der Waals surface area contributed by atoms with Gasteiger partial charge in [-0.05, 0) is 38.0 Å². The maximum atomic E-state index is 12.8. The number of amides is 1. The Bertz CT molecular complexity index is 1180. The van der Waals surface area contributed by atoms with Crippen LogP contribution in [0.1, 0.15) is 25.3 Å². The molecule has 4 rings (SSSR count). The lowest BCUT2D eigenvalue weighted by Gasteiger charge is -2.33. The number of ether oxygens (including phenoxy) is 1. The summed E-state index contributed by atoms with van der Waals surface area (Å²) < 4.78 is 7.12. The highest BCUT2D eigenvalue weighted by molar-refractivity contribution is 6.08. The van der Waals surface area contributed by atoms with Crippen molar-refractivity contribution in [2.75, 3.05) is 25.9 Å². The molecule has 1 aliphatic heterocycles. The maximum absolute atomic E-state index is 12.8. The van der Waals surface area contributed by atoms with E-state index in [2.05, 4.69) is 15.4 Å². The minimum Gasteiger partial charge on any atom is -0.399 e. The molecule has 9 heteroatoms. The minimum absolute atomic E-state index is 0.0405. The molecule has 1 unspecified atom stereocenters. The van der Waals surface area contributed by atoms with Gasteiger partial charge in [0.25, 0.3) is 0 Å². The predicted molar refractivity (Wildman–Crippen MR) is 129 cm³/mol. The zero-order valence-corrected chi connectivity index (χ0v) is 18.9. The number of aromatic nitrogens is 3. The van der Waals surface area contributed by atoms with Gasteiger partial charge in [-0.25, -0.2) is 9.50 Å². The van der Waals surface area contributed by atoms with Crippen LogP contribution in [0.25, 0.3) is 22.5 Å². The van der Waals surface area contributed by atoms with Crippen LogP contribution in [0.3, 0.4) is 0 Å². The molecule has 0 aliphatic carbocycles. The van der Waals surface area contributed by atoms with Gasteiger partial charge in [0.2, 0.25) is 5.91 Å². The molecule has 4 N–H and O–H groups in total. The highest BCUT2D eigenvalue weighted by Crippen LogP contribution is 2.23. The van der Waals surface area contributed by atoms with E-state index in [1.807, 2.05) is 42.2 Å². The van der Waals surface area contributed by atoms with Crippen LogP contribution in [0.4, 0.5) is 5.69 Å². The number of anilines is 1. The third-order valence-electron chi connectivity index (χ3n) is 5.98. The number of nitrogens with two attached hydrogens (primary N) is 1. The Morgan fingerprint density at radius 3 is 2.79 bits per heavy atom. The molecule has 0 spiro atoms. The molecule has 0 bridgehead atoms. The highest BCUT2D eigenvalue weighted by atomic mass is 16.5. The van der Waals surface area contributed by atoms with Gasteiger partial charge in [0.15, 0.2) is 5.65 Å². The number of carbonyl (C=O) groups excluding carboxylic acids is 1. The summed E-state index contributed by atoms with van der Waals surface area (Å²) >= 11 is 0. The number of likely N-dealkylation sites (tertiary alicyclic amines) is 1. The minimum atomic E-state index is -0.405. The largest absolute Gasteiger partial charge is 0.399 e. The molecule has 1 saturated heterocycles. The first-order valence-corrected chi connectivity index (χ1v) is 11.0. The lowest BCUT2D eigenvalue weighted by atomic mass is 10.1. The van der Waals surface area contributed by atoms with Crippen LogP contribution in [0.2, 0.25) is 0 Å². The average molecular weight is 448 g/mol. The van der Waals surface area contributed by atoms with Gasteiger partial charge in [-0.3, -0.25) is 4.79 Å². The summed E-state index contributed by atoms with van der Waals surface area (Å²) in [5.74, 6) is 0.0405. The monoisotopic (exact) mass is 447 g/mol. The van der Waals surface area contributed by atoms with E-state index in [4.69, 9.17) is 15.9 Å². The molecule has 1 amide bonds. The number of nitrogens with one attached hydrogen (secondary N) is 2. The van der Waals surface area contributed by atoms with Crippen molar-refractivity contribution in [1.82, 2.24) is 24.8 Å². The Labute approximate surface area is 192 Å². The van der Waals surface area contributed by atoms with E-state index < -0.39 is 6.04 Å². The third kappa shape index (κ3) is 4.88. The quantitative estimate of drug-likeness (QED) is 0.378. The number of hydrogen-bond donors (Lipinski definition) is 3. The first-order chi connectivity index (χ1) is 16.0. The summed E-state index contributed by atoms with van der Waals surface area (Å²) in [6, 6.07) is 9.02. The fourth-order valence-corrected chi connectivity index (χ4v) is 4.01. The zero-order valence-electron chi connectivity index (χ0n) is 18.9. The summed E-state index contributed by atoms with van der Waals surface area (Å²) in [6.45, 7) is 3.22. The summed E-state index contributed by atoms with van der Waals surface area (Å²) in [5, 5.41) is 15.5. The fourth-order valence-electron chi connectivity index (χ4n) is 4.01. The van der Waals surface area contributed by atoms with Crippen molar-refractivity contribution in [3.8, 4) is 11.3 Å². The number of methoxy groups -OCH3 is 1. The average Bonchev–Trinajstić information content (AvgIpc) is 3.27. The van der Waals surface area contributed by atoms with Gasteiger partial charge < -0.3 is 26.1 Å². The van der Waals surface area contributed by atoms with Crippen LogP contribution in [0.15, 0.2) is 48.9 Å². The van der Waals surface area contributed by atoms with Crippen molar-refractivity contribution in [2.24, 2.45) is 0 Å². The summed E-state index contributed by atoms with van der Waals surface area (Å²) in [7, 11) is 1.71. The van der Waals surface area contributed by atoms with Crippen LogP contribution in [0, 0.1) is 5.41 Å². The molecule has 0 radical (unpaired) electrons. The number of nitrogens with zero attached hydrogens (tertiary/aromatic N) is 4. The number of piperidine rings is 1. The second-order valence-corrected chi connectivity index (χ2v) is 8.18. The Morgan fingerprint density at radius 2 is 2.09 bits per heavy atom. The lowest BCUT2D eigenvalue weighted by molar-refractivity contribution is -0.135. The molecule has 172 valence electrons. The van der Waals surface area contributed by atoms with Gasteiger partial charge >= 0.3 is 0 Å². The van der Waals surface area contributed by atoms with Gasteiger partial charge in [0.05, 0.1) is 24.2 Å². The standard InChI is InChI=1S/C24H29N7O2/c1-16(24(32)30-8-6-21(33-2)7-9-30)27-13-19(12-25)18-11-23-28-15-22(31(23)29-14-18)17-4-3-5-20(26)10-17/h3-5,10-16,21,25,27H,6-9,26H2,1-2H3/b19-13+,25-12?. The number of allylic oxidation sites excluding steroid dienone is 1. The van der Waals surface area contributed by atoms with Crippen molar-refractivity contribution in [3.05, 3.63) is 54.5 Å². The normalized spacial score (nSPS) is 16.1. The molecule has 2 aromatic heterocycles. The van der Waals surface area contributed by atoms with E-state index in [0.29, 0.717) is 30.0 Å². The molecule has 0 saturated carbocycles. The molecular formula is C24H29N7O2. The summed E-state index contributed by atoms with van der Waals surface area (Å²) in [4.78, 5) is 19.1. The molecule has 33 heavy (non-hydrogen) atoms. The fraction of sp³-hybridized carbons (Fsp3) is 0.333. The molecular weight excluding hydrogens is 418 g/mol. The number of rotatable bonds is 7. The molecule has 1 aliphatic rings. The SMILES string of the molecule is COC1CCN(C(=O)C(C)N/C=C(\C=N)c2cnn3c(-c4cccc(N)c4)cnc3c2)CC1. The summed E-state index contributed by atoms with van der Waals surface area (Å²) in [5.41, 5.74) is 10.3. The molecule has 1 aromatic carbocycles. The Hall–Kier alpha value is -3.72. The van der Waals surface area contributed by atoms with Gasteiger partial charge in [-0.2, -0.15) is 5.10 Å². The first-order valence-electron chi connectivity index (χ1n) is 11.0. The van der Waals surface area contributed by atoms with Crippen LogP contribution in [0.5, 0.6) is 0 Å². The third-order valence-corrected chi connectivity index (χ3v) is 5.98. The lowest BCUT2D eigenvalue weighted by Crippen LogP contribution is -2.47. The Balaban J connectivity index is 1.48. The highest BCUT2D eigenvalue weighted by Gasteiger charge is 2.25. The zero-order chi connectivity index (χ0) is 23.4. The Kier molecular flexibility index (Phi) is 6.69. The van der Waals surface area contributed by atoms with Gasteiger partial charge in [-0.1, -0.05) is 12.1 Å². The van der Waals surface area contributed by atoms with Crippen molar-refractivity contribution < 1.29 is 9.53 Å². The number of imidazole rings is 1. The number of nitrogen functional groups attached to an aromatic ring is 1. The summed E-state index contributed by atoms with van der Waals surface area (Å²) in [6.07, 6.45) is 8.29. The number of carbonyl (C=O) groups is 1. The van der Waals surface area contributed by atoms with Crippen molar-refractivity contribution in [3.63, 3.8) is 0 Å².